The zero-order chi connectivity index (χ0) is 28.6. The molecule has 212 valence electrons. The van der Waals surface area contributed by atoms with E-state index in [2.05, 4.69) is 9.47 Å². The second-order valence-corrected chi connectivity index (χ2v) is 9.49. The Labute approximate surface area is 206 Å². The van der Waals surface area contributed by atoms with Crippen LogP contribution >= 0.6 is 7.75 Å². The SMILES string of the molecule is CN1C=CN(P(=O)(O)OC[C@H]2O[C@@H](n3ccc(=O)[nH]c3=O)C(OC(=O)C(F)(F)F)[C@H]2OC(=O)C(F)(F)F)C1. The van der Waals surface area contributed by atoms with Crippen molar-refractivity contribution in [3.8, 4) is 0 Å². The van der Waals surface area contributed by atoms with Gasteiger partial charge in [0.2, 0.25) is 0 Å². The van der Waals surface area contributed by atoms with E-state index in [1.807, 2.05) is 0 Å². The van der Waals surface area contributed by atoms with Crippen molar-refractivity contribution in [3.63, 3.8) is 0 Å². The van der Waals surface area contributed by atoms with Gasteiger partial charge in [-0.1, -0.05) is 0 Å². The fraction of sp³-hybridized carbons (Fsp3) is 0.529. The summed E-state index contributed by atoms with van der Waals surface area (Å²) in [5.41, 5.74) is -2.35. The number of hydrogen-bond acceptors (Lipinski definition) is 10. The summed E-state index contributed by atoms with van der Waals surface area (Å²) in [7, 11) is -3.24. The number of esters is 2. The van der Waals surface area contributed by atoms with Gasteiger partial charge in [-0.25, -0.2) is 18.9 Å². The highest BCUT2D eigenvalue weighted by Crippen LogP contribution is 2.49. The van der Waals surface area contributed by atoms with Crippen molar-refractivity contribution in [2.75, 3.05) is 20.3 Å². The molecule has 2 N–H and O–H groups in total. The summed E-state index contributed by atoms with van der Waals surface area (Å²) in [6.07, 6.45) is -17.7. The molecule has 1 saturated heterocycles. The first-order valence-electron chi connectivity index (χ1n) is 10.1. The molecule has 1 fully saturated rings. The average Bonchev–Trinajstić information content (AvgIpc) is 3.36. The zero-order valence-corrected chi connectivity index (χ0v) is 19.6. The molecule has 0 bridgehead atoms. The van der Waals surface area contributed by atoms with Crippen molar-refractivity contribution in [1.82, 2.24) is 19.1 Å². The molecule has 3 rings (SSSR count). The number of carbonyl (C=O) groups excluding carboxylic acids is 2. The highest BCUT2D eigenvalue weighted by Gasteiger charge is 2.56. The molecule has 2 aliphatic heterocycles. The van der Waals surface area contributed by atoms with Crippen molar-refractivity contribution in [3.05, 3.63) is 45.5 Å². The van der Waals surface area contributed by atoms with Crippen molar-refractivity contribution < 1.29 is 64.1 Å². The van der Waals surface area contributed by atoms with Crippen LogP contribution in [0.4, 0.5) is 26.3 Å². The lowest BCUT2D eigenvalue weighted by molar-refractivity contribution is -0.221. The molecule has 0 aliphatic carbocycles. The van der Waals surface area contributed by atoms with Gasteiger partial charge in [0.15, 0.2) is 18.4 Å². The predicted molar refractivity (Wildman–Crippen MR) is 106 cm³/mol. The van der Waals surface area contributed by atoms with Crippen LogP contribution < -0.4 is 11.2 Å². The number of alkyl halides is 6. The number of ether oxygens (including phenoxy) is 3. The number of aromatic nitrogens is 2. The average molecular weight is 582 g/mol. The molecule has 1 aromatic heterocycles. The molecule has 14 nitrogen and oxygen atoms in total. The first-order chi connectivity index (χ1) is 17.4. The van der Waals surface area contributed by atoms with E-state index < -0.39 is 74.4 Å². The molecule has 0 radical (unpaired) electrons. The maximum absolute atomic E-state index is 12.9. The summed E-state index contributed by atoms with van der Waals surface area (Å²) in [5.74, 6) is -5.91. The first kappa shape index (κ1) is 29.2. The van der Waals surface area contributed by atoms with Crippen molar-refractivity contribution in [1.29, 1.82) is 0 Å². The maximum atomic E-state index is 12.9. The number of hydrogen-bond donors (Lipinski definition) is 2. The molecule has 3 heterocycles. The summed E-state index contributed by atoms with van der Waals surface area (Å²) in [6.45, 7) is -1.38. The van der Waals surface area contributed by atoms with Crippen molar-refractivity contribution in [2.24, 2.45) is 0 Å². The normalized spacial score (nSPS) is 25.4. The fourth-order valence-electron chi connectivity index (χ4n) is 3.26. The highest BCUT2D eigenvalue weighted by molar-refractivity contribution is 7.50. The summed E-state index contributed by atoms with van der Waals surface area (Å²) < 4.78 is 110. The number of rotatable bonds is 7. The minimum atomic E-state index is -5.69. The van der Waals surface area contributed by atoms with Gasteiger partial charge < -0.3 is 24.0 Å². The van der Waals surface area contributed by atoms with Crippen LogP contribution in [0.2, 0.25) is 0 Å². The van der Waals surface area contributed by atoms with Crippen LogP contribution in [-0.4, -0.2) is 86.9 Å². The zero-order valence-electron chi connectivity index (χ0n) is 18.7. The van der Waals surface area contributed by atoms with Gasteiger partial charge in [-0.3, -0.25) is 23.5 Å². The predicted octanol–water partition coefficient (Wildman–Crippen LogP) is 0.175. The first-order valence-corrected chi connectivity index (χ1v) is 11.6. The van der Waals surface area contributed by atoms with Gasteiger partial charge in [-0.2, -0.15) is 26.3 Å². The van der Waals surface area contributed by atoms with Crippen LogP contribution in [0.15, 0.2) is 34.3 Å². The van der Waals surface area contributed by atoms with E-state index in [0.29, 0.717) is 16.8 Å². The molecule has 38 heavy (non-hydrogen) atoms. The standard InChI is InChI=1S/C17H17F6N4O10P/c1-25-4-5-26(7-25)38(32,33)34-6-8-10(36-13(29)16(18,19)20)11(37-14(30)17(21,22)23)12(35-8)27-3-2-9(28)24-15(27)31/h2-5,8,10-12H,6-7H2,1H3,(H,32,33)(H,24,28,31)/t8-,10+,11?,12-/m1/s1. The lowest BCUT2D eigenvalue weighted by Gasteiger charge is -2.26. The third kappa shape index (κ3) is 6.55. The fourth-order valence-corrected chi connectivity index (χ4v) is 4.34. The van der Waals surface area contributed by atoms with Crippen LogP contribution in [0.5, 0.6) is 0 Å². The molecular formula is C17H17F6N4O10P. The quantitative estimate of drug-likeness (QED) is 0.254. The molecule has 2 unspecified atom stereocenters. The van der Waals surface area contributed by atoms with Gasteiger partial charge in [0.05, 0.1) is 13.3 Å². The second-order valence-electron chi connectivity index (χ2n) is 7.74. The molecule has 5 atom stereocenters. The largest absolute Gasteiger partial charge is 0.490 e. The lowest BCUT2D eigenvalue weighted by atomic mass is 10.1. The number of aromatic amines is 1. The van der Waals surface area contributed by atoms with Gasteiger partial charge in [-0.15, -0.1) is 0 Å². The Hall–Kier alpha value is -3.35. The highest BCUT2D eigenvalue weighted by atomic mass is 31.2. The third-order valence-corrected chi connectivity index (χ3v) is 6.35. The number of carbonyl (C=O) groups is 2. The Morgan fingerprint density at radius 1 is 1.11 bits per heavy atom. The van der Waals surface area contributed by atoms with E-state index in [9.17, 15) is 55.0 Å². The molecule has 1 aromatic rings. The molecule has 21 heteroatoms. The van der Waals surface area contributed by atoms with Gasteiger partial charge in [0.25, 0.3) is 5.56 Å². The summed E-state index contributed by atoms with van der Waals surface area (Å²) >= 11 is 0. The van der Waals surface area contributed by atoms with Crippen LogP contribution in [0.3, 0.4) is 0 Å². The Balaban J connectivity index is 1.99. The minimum absolute atomic E-state index is 0.174. The minimum Gasteiger partial charge on any atom is -0.449 e. The number of nitrogens with zero attached hydrogens (tertiary/aromatic N) is 3. The van der Waals surface area contributed by atoms with E-state index in [4.69, 9.17) is 9.26 Å². The second kappa shape index (κ2) is 10.4. The van der Waals surface area contributed by atoms with Crippen LogP contribution in [0.25, 0.3) is 0 Å². The third-order valence-electron chi connectivity index (χ3n) is 4.95. The van der Waals surface area contributed by atoms with E-state index in [-0.39, 0.29) is 6.67 Å². The molecule has 0 spiro atoms. The maximum Gasteiger partial charge on any atom is 0.490 e. The van der Waals surface area contributed by atoms with Gasteiger partial charge in [-0.05, 0) is 0 Å². The van der Waals surface area contributed by atoms with Crippen LogP contribution in [-0.2, 0) is 32.9 Å². The number of halogens is 6. The Morgan fingerprint density at radius 2 is 1.68 bits per heavy atom. The van der Waals surface area contributed by atoms with Gasteiger partial charge >= 0.3 is 37.7 Å². The molecule has 0 saturated carbocycles. The Bertz CT molecular complexity index is 1260. The van der Waals surface area contributed by atoms with Gasteiger partial charge in [0.1, 0.15) is 6.10 Å². The van der Waals surface area contributed by atoms with E-state index in [0.717, 1.165) is 10.9 Å². The van der Waals surface area contributed by atoms with Crippen molar-refractivity contribution >= 4 is 19.7 Å². The van der Waals surface area contributed by atoms with Crippen LogP contribution in [0.1, 0.15) is 6.23 Å². The monoisotopic (exact) mass is 582 g/mol. The number of H-pyrrole nitrogens is 1. The molecule has 2 aliphatic rings. The molecule has 0 amide bonds. The summed E-state index contributed by atoms with van der Waals surface area (Å²) in [5, 5.41) is 0. The molecule has 0 aromatic carbocycles. The Kier molecular flexibility index (Phi) is 8.02. The lowest BCUT2D eigenvalue weighted by Crippen LogP contribution is -2.46. The van der Waals surface area contributed by atoms with Gasteiger partial charge in [0, 0.05) is 31.7 Å². The Morgan fingerprint density at radius 3 is 2.18 bits per heavy atom. The van der Waals surface area contributed by atoms with E-state index in [1.54, 1.807) is 4.98 Å². The summed E-state index contributed by atoms with van der Waals surface area (Å²) in [6, 6.07) is 0.673. The van der Waals surface area contributed by atoms with Crippen LogP contribution in [0, 0.1) is 0 Å². The molecular weight excluding hydrogens is 565 g/mol. The smallest absolute Gasteiger partial charge is 0.449 e. The van der Waals surface area contributed by atoms with E-state index >= 15 is 0 Å². The topological polar surface area (TPSA) is 170 Å². The van der Waals surface area contributed by atoms with Crippen molar-refractivity contribution in [2.45, 2.75) is 36.9 Å². The van der Waals surface area contributed by atoms with E-state index in [1.165, 1.54) is 18.1 Å². The number of nitrogens with one attached hydrogen (secondary N) is 1. The summed E-state index contributed by atoms with van der Waals surface area (Å²) in [4.78, 5) is 60.0.